The second-order valence-corrected chi connectivity index (χ2v) is 12.7. The number of allylic oxidation sites excluding steroid dienone is 5. The molecule has 0 amide bonds. The molecule has 0 fully saturated rings. The van der Waals surface area contributed by atoms with E-state index < -0.39 is 25.9 Å². The largest absolute Gasteiger partial charge is 0.302 e. The van der Waals surface area contributed by atoms with Crippen LogP contribution >= 0.6 is 0 Å². The Balaban J connectivity index is 1.46. The molecule has 14 heteroatoms. The van der Waals surface area contributed by atoms with Crippen molar-refractivity contribution >= 4 is 43.2 Å². The lowest BCUT2D eigenvalue weighted by Gasteiger charge is -2.24. The van der Waals surface area contributed by atoms with Gasteiger partial charge in [0.15, 0.2) is 11.6 Å². The van der Waals surface area contributed by atoms with Crippen LogP contribution in [0.3, 0.4) is 0 Å². The van der Waals surface area contributed by atoms with E-state index in [0.717, 1.165) is 18.1 Å². The maximum atomic E-state index is 14.5. The van der Waals surface area contributed by atoms with Crippen LogP contribution in [0.15, 0.2) is 63.2 Å². The summed E-state index contributed by atoms with van der Waals surface area (Å²) in [6.45, 7) is 1.49. The van der Waals surface area contributed by atoms with E-state index in [-0.39, 0.29) is 29.9 Å². The molecule has 204 valence electrons. The standard InChI is InChI=1S/C24H30FN7O4S2/c1-32-10-8-19(9-11-32)31-38(35,36)16-18-5-3-6-20(13-18)28-23-22(25)14-27-24(30-23)29-21-7-2-4-17(12-21)15-37(26,33)34/h2-3,6-8,14-15,18,31H,4-5,9-13,16H2,1H3,(H2,26,33,34). The molecular formula is C24H30FN7O4S2. The zero-order valence-corrected chi connectivity index (χ0v) is 22.5. The van der Waals surface area contributed by atoms with E-state index in [2.05, 4.69) is 29.6 Å². The highest BCUT2D eigenvalue weighted by Gasteiger charge is 2.24. The predicted molar refractivity (Wildman–Crippen MR) is 145 cm³/mol. The minimum atomic E-state index is -3.78. The number of sulfonamides is 2. The summed E-state index contributed by atoms with van der Waals surface area (Å²) in [7, 11) is -5.34. The van der Waals surface area contributed by atoms with Crippen LogP contribution in [0.4, 0.5) is 16.2 Å². The smallest absolute Gasteiger partial charge is 0.251 e. The molecule has 0 bridgehead atoms. The van der Waals surface area contributed by atoms with Gasteiger partial charge in [-0.15, -0.1) is 0 Å². The Bertz CT molecular complexity index is 1480. The van der Waals surface area contributed by atoms with Crippen molar-refractivity contribution in [3.8, 4) is 0 Å². The quantitative estimate of drug-likeness (QED) is 0.515. The van der Waals surface area contributed by atoms with Gasteiger partial charge in [0.25, 0.3) is 5.95 Å². The third-order valence-electron chi connectivity index (χ3n) is 6.07. The Labute approximate surface area is 222 Å². The third-order valence-corrected chi connectivity index (χ3v) is 8.21. The summed E-state index contributed by atoms with van der Waals surface area (Å²) in [5.74, 6) is -1.28. The van der Waals surface area contributed by atoms with Gasteiger partial charge in [-0.2, -0.15) is 4.98 Å². The molecule has 3 N–H and O–H groups in total. The number of aromatic nitrogens is 2. The van der Waals surface area contributed by atoms with Gasteiger partial charge in [-0.3, -0.25) is 4.72 Å². The van der Waals surface area contributed by atoms with Crippen LogP contribution < -0.4 is 9.86 Å². The van der Waals surface area contributed by atoms with Crippen LogP contribution in [0.25, 0.3) is 0 Å². The number of rotatable bonds is 7. The summed E-state index contributed by atoms with van der Waals surface area (Å²) in [6, 6.07) is 0. The number of hydrogen-bond acceptors (Lipinski definition) is 9. The minimum absolute atomic E-state index is 0.0308. The number of hydrogen-bond donors (Lipinski definition) is 2. The van der Waals surface area contributed by atoms with Crippen LogP contribution in [0.2, 0.25) is 0 Å². The maximum absolute atomic E-state index is 14.5. The molecule has 1 aromatic heterocycles. The molecule has 2 aliphatic carbocycles. The highest BCUT2D eigenvalue weighted by molar-refractivity contribution is 7.92. The van der Waals surface area contributed by atoms with Crippen molar-refractivity contribution in [1.82, 2.24) is 19.6 Å². The molecule has 3 aliphatic rings. The first kappa shape index (κ1) is 28.0. The van der Waals surface area contributed by atoms with Gasteiger partial charge in [0.2, 0.25) is 20.0 Å². The fourth-order valence-electron chi connectivity index (χ4n) is 4.32. The summed E-state index contributed by atoms with van der Waals surface area (Å²) in [5, 5.41) is 6.09. The van der Waals surface area contributed by atoms with Gasteiger partial charge in [-0.05, 0) is 50.0 Å². The molecule has 0 spiro atoms. The lowest BCUT2D eigenvalue weighted by Crippen LogP contribution is -2.34. The topological polar surface area (TPSA) is 160 Å². The van der Waals surface area contributed by atoms with Crippen molar-refractivity contribution in [3.05, 3.63) is 59.1 Å². The summed E-state index contributed by atoms with van der Waals surface area (Å²) in [6.07, 6.45) is 12.1. The zero-order valence-electron chi connectivity index (χ0n) is 20.9. The lowest BCUT2D eigenvalue weighted by atomic mass is 9.95. The Morgan fingerprint density at radius 3 is 2.74 bits per heavy atom. The first-order valence-corrected chi connectivity index (χ1v) is 15.3. The normalized spacial score (nSPS) is 24.2. The number of nitrogens with two attached hydrogens (primary N) is 1. The van der Waals surface area contributed by atoms with Crippen LogP contribution in [-0.2, 0) is 20.0 Å². The van der Waals surface area contributed by atoms with Crippen LogP contribution in [0.5, 0.6) is 0 Å². The Hall–Kier alpha value is -3.07. The average molecular weight is 564 g/mol. The Morgan fingerprint density at radius 1 is 1.21 bits per heavy atom. The molecule has 4 rings (SSSR count). The van der Waals surface area contributed by atoms with Crippen molar-refractivity contribution in [3.63, 3.8) is 0 Å². The molecule has 2 heterocycles. The van der Waals surface area contributed by atoms with Crippen molar-refractivity contribution in [2.75, 3.05) is 25.9 Å². The van der Waals surface area contributed by atoms with E-state index in [1.54, 1.807) is 18.2 Å². The molecule has 1 aliphatic heterocycles. The van der Waals surface area contributed by atoms with Gasteiger partial charge in [-0.1, -0.05) is 18.2 Å². The number of halogens is 1. The van der Waals surface area contributed by atoms with E-state index in [1.165, 1.54) is 0 Å². The second kappa shape index (κ2) is 11.8. The number of nitrogens with zero attached hydrogens (tertiary/aromatic N) is 5. The first-order valence-electron chi connectivity index (χ1n) is 12.1. The molecule has 0 saturated carbocycles. The fourth-order valence-corrected chi connectivity index (χ4v) is 6.51. The third kappa shape index (κ3) is 8.48. The zero-order chi connectivity index (χ0) is 27.3. The first-order chi connectivity index (χ1) is 17.9. The maximum Gasteiger partial charge on any atom is 0.251 e. The molecule has 0 aromatic carbocycles. The highest BCUT2D eigenvalue weighted by Crippen LogP contribution is 2.25. The SMILES string of the molecule is CN1CC=C(NS(=O)(=O)CC2CC=CC(=Nc3nc(N=C4C=CCC(=CS(N)(=O)=O)C4)ncc3F)C2)CC1. The van der Waals surface area contributed by atoms with E-state index >= 15 is 0 Å². The predicted octanol–water partition coefficient (Wildman–Crippen LogP) is 2.39. The van der Waals surface area contributed by atoms with Crippen molar-refractivity contribution < 1.29 is 21.2 Å². The van der Waals surface area contributed by atoms with E-state index in [9.17, 15) is 21.2 Å². The highest BCUT2D eigenvalue weighted by atomic mass is 32.2. The summed E-state index contributed by atoms with van der Waals surface area (Å²) in [4.78, 5) is 18.7. The summed E-state index contributed by atoms with van der Waals surface area (Å²) >= 11 is 0. The number of likely N-dealkylation sites (N-methyl/N-ethyl adjacent to an activating group) is 1. The number of aliphatic imine (C=N–C) groups is 2. The second-order valence-electron chi connectivity index (χ2n) is 9.53. The van der Waals surface area contributed by atoms with Gasteiger partial charge in [0, 0.05) is 48.5 Å². The van der Waals surface area contributed by atoms with Crippen molar-refractivity contribution in [2.24, 2.45) is 21.0 Å². The molecule has 38 heavy (non-hydrogen) atoms. The average Bonchev–Trinajstić information content (AvgIpc) is 2.82. The molecule has 0 radical (unpaired) electrons. The van der Waals surface area contributed by atoms with Gasteiger partial charge < -0.3 is 4.90 Å². The van der Waals surface area contributed by atoms with Crippen molar-refractivity contribution in [2.45, 2.75) is 32.1 Å². The molecule has 1 aromatic rings. The monoisotopic (exact) mass is 563 g/mol. The Kier molecular flexibility index (Phi) is 8.65. The summed E-state index contributed by atoms with van der Waals surface area (Å²) in [5.41, 5.74) is 2.26. The molecular weight excluding hydrogens is 533 g/mol. The molecule has 1 atom stereocenters. The number of primary sulfonamides is 1. The van der Waals surface area contributed by atoms with Crippen LogP contribution in [0, 0.1) is 11.7 Å². The van der Waals surface area contributed by atoms with Crippen molar-refractivity contribution in [1.29, 1.82) is 0 Å². The minimum Gasteiger partial charge on any atom is -0.302 e. The van der Waals surface area contributed by atoms with Gasteiger partial charge in [0.05, 0.1) is 11.9 Å². The molecule has 11 nitrogen and oxygen atoms in total. The van der Waals surface area contributed by atoms with E-state index in [4.69, 9.17) is 5.14 Å². The van der Waals surface area contributed by atoms with E-state index in [1.807, 2.05) is 19.2 Å². The molecule has 1 unspecified atom stereocenters. The number of nitrogens with one attached hydrogen (secondary N) is 1. The fraction of sp³-hybridized carbons (Fsp3) is 0.417. The molecule has 0 saturated heterocycles. The van der Waals surface area contributed by atoms with Crippen LogP contribution in [0.1, 0.15) is 32.1 Å². The Morgan fingerprint density at radius 2 is 2.00 bits per heavy atom. The van der Waals surface area contributed by atoms with Crippen LogP contribution in [-0.4, -0.2) is 69.0 Å². The van der Waals surface area contributed by atoms with Gasteiger partial charge in [0.1, 0.15) is 0 Å². The van der Waals surface area contributed by atoms with E-state index in [0.29, 0.717) is 54.9 Å². The summed E-state index contributed by atoms with van der Waals surface area (Å²) < 4.78 is 65.3. The van der Waals surface area contributed by atoms with Gasteiger partial charge >= 0.3 is 0 Å². The lowest BCUT2D eigenvalue weighted by molar-refractivity contribution is 0.356. The van der Waals surface area contributed by atoms with Gasteiger partial charge in [-0.25, -0.2) is 41.3 Å².